The molecule has 68 valence electrons. The first-order valence-electron chi connectivity index (χ1n) is 3.79. The molecule has 0 aromatic carbocycles. The maximum Gasteiger partial charge on any atom is 0.177 e. The minimum Gasteiger partial charge on any atom is -0.330 e. The third-order valence-electron chi connectivity index (χ3n) is 1.43. The fraction of sp³-hybridized carbons (Fsp3) is 0.833. The molecule has 12 heavy (non-hydrogen) atoms. The van der Waals surface area contributed by atoms with Gasteiger partial charge in [-0.1, -0.05) is 0 Å². The normalized spacial score (nSPS) is 13.2. The lowest BCUT2D eigenvalue weighted by atomic mass is 10.2. The summed E-state index contributed by atoms with van der Waals surface area (Å²) in [6.07, 6.45) is -0.414. The van der Waals surface area contributed by atoms with Gasteiger partial charge in [-0.15, -0.1) is 10.2 Å². The molecule has 1 unspecified atom stereocenters. The summed E-state index contributed by atoms with van der Waals surface area (Å²) in [4.78, 5) is 1.31. The van der Waals surface area contributed by atoms with Gasteiger partial charge in [0.15, 0.2) is 5.82 Å². The number of halogens is 1. The number of aromatic nitrogens is 4. The molecular weight excluding hydrogens is 161 g/mol. The predicted octanol–water partition coefficient (Wildman–Crippen LogP) is -0.561. The minimum atomic E-state index is -0.959. The summed E-state index contributed by atoms with van der Waals surface area (Å²) in [7, 11) is 1.65. The van der Waals surface area contributed by atoms with Crippen LogP contribution in [-0.2, 0) is 13.5 Å². The van der Waals surface area contributed by atoms with Crippen LogP contribution in [0.1, 0.15) is 12.2 Å². The summed E-state index contributed by atoms with van der Waals surface area (Å²) in [5, 5.41) is 11.1. The third-order valence-corrected chi connectivity index (χ3v) is 1.43. The summed E-state index contributed by atoms with van der Waals surface area (Å²) in [6.45, 7) is 0.349. The van der Waals surface area contributed by atoms with Crippen molar-refractivity contribution in [1.82, 2.24) is 20.2 Å². The number of hydrogen-bond acceptors (Lipinski definition) is 4. The van der Waals surface area contributed by atoms with E-state index in [1.165, 1.54) is 4.80 Å². The van der Waals surface area contributed by atoms with Crippen molar-refractivity contribution in [3.05, 3.63) is 5.82 Å². The van der Waals surface area contributed by atoms with E-state index in [1.807, 2.05) is 0 Å². The SMILES string of the molecule is Cn1nnc(CC(F)CCN)n1. The molecule has 1 atom stereocenters. The lowest BCUT2D eigenvalue weighted by Crippen LogP contribution is -2.12. The minimum absolute atomic E-state index is 0.199. The average molecular weight is 173 g/mol. The lowest BCUT2D eigenvalue weighted by Gasteiger charge is -2.00. The van der Waals surface area contributed by atoms with Gasteiger partial charge in [-0.05, 0) is 18.2 Å². The summed E-state index contributed by atoms with van der Waals surface area (Å²) in [5.74, 6) is 0.429. The van der Waals surface area contributed by atoms with Crippen molar-refractivity contribution < 1.29 is 4.39 Å². The molecule has 1 aromatic rings. The fourth-order valence-electron chi connectivity index (χ4n) is 0.886. The van der Waals surface area contributed by atoms with Crippen molar-refractivity contribution in [1.29, 1.82) is 0 Å². The smallest absolute Gasteiger partial charge is 0.177 e. The van der Waals surface area contributed by atoms with Crippen molar-refractivity contribution in [3.63, 3.8) is 0 Å². The molecule has 0 radical (unpaired) electrons. The molecular formula is C6H12FN5. The van der Waals surface area contributed by atoms with E-state index >= 15 is 0 Å². The predicted molar refractivity (Wildman–Crippen MR) is 41.1 cm³/mol. The Morgan fingerprint density at radius 1 is 1.67 bits per heavy atom. The first kappa shape index (κ1) is 9.05. The number of aryl methyl sites for hydroxylation is 1. The second kappa shape index (κ2) is 4.10. The van der Waals surface area contributed by atoms with Gasteiger partial charge >= 0.3 is 0 Å². The highest BCUT2D eigenvalue weighted by Crippen LogP contribution is 2.02. The van der Waals surface area contributed by atoms with E-state index in [0.29, 0.717) is 18.8 Å². The standard InChI is InChI=1S/C6H12FN5/c1-12-10-6(9-11-12)4-5(7)2-3-8/h5H,2-4,8H2,1H3. The van der Waals surface area contributed by atoms with E-state index in [1.54, 1.807) is 7.05 Å². The molecule has 0 amide bonds. The van der Waals surface area contributed by atoms with E-state index in [0.717, 1.165) is 0 Å². The second-order valence-electron chi connectivity index (χ2n) is 2.57. The third kappa shape index (κ3) is 2.54. The molecule has 0 bridgehead atoms. The molecule has 1 rings (SSSR count). The molecule has 5 nitrogen and oxygen atoms in total. The molecule has 0 fully saturated rings. The second-order valence-corrected chi connectivity index (χ2v) is 2.57. The Morgan fingerprint density at radius 2 is 2.42 bits per heavy atom. The van der Waals surface area contributed by atoms with Gasteiger partial charge in [0.05, 0.1) is 7.05 Å². The highest BCUT2D eigenvalue weighted by atomic mass is 19.1. The zero-order chi connectivity index (χ0) is 8.97. The molecule has 0 saturated carbocycles. The largest absolute Gasteiger partial charge is 0.330 e. The van der Waals surface area contributed by atoms with Crippen LogP contribution in [0.4, 0.5) is 4.39 Å². The van der Waals surface area contributed by atoms with E-state index in [4.69, 9.17) is 5.73 Å². The first-order valence-corrected chi connectivity index (χ1v) is 3.79. The van der Waals surface area contributed by atoms with Crippen molar-refractivity contribution in [2.24, 2.45) is 12.8 Å². The summed E-state index contributed by atoms with van der Waals surface area (Å²) in [5.41, 5.74) is 5.19. The van der Waals surface area contributed by atoms with E-state index in [2.05, 4.69) is 15.4 Å². The van der Waals surface area contributed by atoms with Crippen LogP contribution in [0.25, 0.3) is 0 Å². The molecule has 1 heterocycles. The Hall–Kier alpha value is -1.04. The van der Waals surface area contributed by atoms with Crippen LogP contribution in [0.15, 0.2) is 0 Å². The number of alkyl halides is 1. The number of nitrogens with zero attached hydrogens (tertiary/aromatic N) is 4. The van der Waals surface area contributed by atoms with Gasteiger partial charge in [0.2, 0.25) is 0 Å². The van der Waals surface area contributed by atoms with Crippen LogP contribution in [-0.4, -0.2) is 32.9 Å². The highest BCUT2D eigenvalue weighted by molar-refractivity contribution is 4.80. The Morgan fingerprint density at radius 3 is 2.92 bits per heavy atom. The zero-order valence-electron chi connectivity index (χ0n) is 6.94. The maximum atomic E-state index is 12.9. The Balaban J connectivity index is 2.41. The van der Waals surface area contributed by atoms with Crippen LogP contribution in [0, 0.1) is 0 Å². The van der Waals surface area contributed by atoms with Crippen molar-refractivity contribution in [3.8, 4) is 0 Å². The van der Waals surface area contributed by atoms with Crippen LogP contribution in [0.3, 0.4) is 0 Å². The van der Waals surface area contributed by atoms with Gasteiger partial charge in [-0.3, -0.25) is 0 Å². The monoisotopic (exact) mass is 173 g/mol. The molecule has 6 heteroatoms. The number of tetrazole rings is 1. The maximum absolute atomic E-state index is 12.9. The molecule has 0 aliphatic carbocycles. The van der Waals surface area contributed by atoms with Crippen LogP contribution in [0.2, 0.25) is 0 Å². The number of rotatable bonds is 4. The molecule has 0 spiro atoms. The summed E-state index contributed by atoms with van der Waals surface area (Å²) < 4.78 is 12.9. The fourth-order valence-corrected chi connectivity index (χ4v) is 0.886. The van der Waals surface area contributed by atoms with Gasteiger partial charge in [-0.25, -0.2) is 4.39 Å². The first-order chi connectivity index (χ1) is 5.72. The van der Waals surface area contributed by atoms with Gasteiger partial charge in [0, 0.05) is 6.42 Å². The Kier molecular flexibility index (Phi) is 3.09. The van der Waals surface area contributed by atoms with E-state index in [9.17, 15) is 4.39 Å². The molecule has 1 aromatic heterocycles. The van der Waals surface area contributed by atoms with Gasteiger partial charge in [0.1, 0.15) is 6.17 Å². The van der Waals surface area contributed by atoms with Crippen molar-refractivity contribution in [2.75, 3.05) is 6.54 Å². The van der Waals surface area contributed by atoms with Crippen LogP contribution in [0.5, 0.6) is 0 Å². The van der Waals surface area contributed by atoms with E-state index < -0.39 is 6.17 Å². The quantitative estimate of drug-likeness (QED) is 0.662. The van der Waals surface area contributed by atoms with Gasteiger partial charge in [0.25, 0.3) is 0 Å². The molecule has 2 N–H and O–H groups in total. The summed E-state index contributed by atoms with van der Waals surface area (Å²) in [6, 6.07) is 0. The lowest BCUT2D eigenvalue weighted by molar-refractivity contribution is 0.311. The number of nitrogens with two attached hydrogens (primary N) is 1. The van der Waals surface area contributed by atoms with Crippen molar-refractivity contribution in [2.45, 2.75) is 19.0 Å². The van der Waals surface area contributed by atoms with Crippen LogP contribution < -0.4 is 5.73 Å². The average Bonchev–Trinajstić information content (AvgIpc) is 2.36. The number of hydrogen-bond donors (Lipinski definition) is 1. The van der Waals surface area contributed by atoms with Crippen molar-refractivity contribution >= 4 is 0 Å². The highest BCUT2D eigenvalue weighted by Gasteiger charge is 2.10. The molecule has 0 aliphatic rings. The molecule has 0 saturated heterocycles. The summed E-state index contributed by atoms with van der Waals surface area (Å²) >= 11 is 0. The van der Waals surface area contributed by atoms with Crippen LogP contribution >= 0.6 is 0 Å². The molecule has 0 aliphatic heterocycles. The topological polar surface area (TPSA) is 69.6 Å². The van der Waals surface area contributed by atoms with E-state index in [-0.39, 0.29) is 6.42 Å². The Labute approximate surface area is 69.7 Å². The van der Waals surface area contributed by atoms with Gasteiger partial charge < -0.3 is 5.73 Å². The zero-order valence-corrected chi connectivity index (χ0v) is 6.94. The van der Waals surface area contributed by atoms with Gasteiger partial charge in [-0.2, -0.15) is 4.80 Å². The Bertz CT molecular complexity index is 236.